The van der Waals surface area contributed by atoms with Gasteiger partial charge in [0.2, 0.25) is 0 Å². The van der Waals surface area contributed by atoms with E-state index in [1.165, 1.54) is 31.4 Å². The molecule has 4 atom stereocenters. The van der Waals surface area contributed by atoms with E-state index in [0.717, 1.165) is 12.0 Å². The lowest BCUT2D eigenvalue weighted by Gasteiger charge is -2.29. The molecule has 88 valence electrons. The van der Waals surface area contributed by atoms with Crippen molar-refractivity contribution in [3.8, 4) is 0 Å². The van der Waals surface area contributed by atoms with Crippen LogP contribution in [-0.4, -0.2) is 15.6 Å². The topological polar surface area (TPSA) is 29.9 Å². The average molecular weight is 219 g/mol. The summed E-state index contributed by atoms with van der Waals surface area (Å²) in [5.41, 5.74) is 1.40. The molecule has 1 saturated heterocycles. The minimum atomic E-state index is 0.527. The molecule has 2 heterocycles. The number of hydrogen-bond donors (Lipinski definition) is 1. The van der Waals surface area contributed by atoms with Gasteiger partial charge in [-0.2, -0.15) is 0 Å². The summed E-state index contributed by atoms with van der Waals surface area (Å²) in [6.07, 6.45) is 9.31. The largest absolute Gasteiger partial charge is 0.330 e. The molecule has 0 bridgehead atoms. The number of aromatic nitrogens is 2. The minimum absolute atomic E-state index is 0.527. The Hall–Kier alpha value is -0.830. The average Bonchev–Trinajstić information content (AvgIpc) is 2.80. The summed E-state index contributed by atoms with van der Waals surface area (Å²) >= 11 is 0. The molecule has 1 N–H and O–H groups in total. The smallest absolute Gasteiger partial charge is 0.0951 e. The Labute approximate surface area is 97.3 Å². The first-order chi connectivity index (χ1) is 7.75. The Bertz CT molecular complexity index is 371. The van der Waals surface area contributed by atoms with Gasteiger partial charge in [-0.15, -0.1) is 0 Å². The van der Waals surface area contributed by atoms with Crippen molar-refractivity contribution in [2.45, 2.75) is 57.7 Å². The van der Waals surface area contributed by atoms with Crippen molar-refractivity contribution in [3.05, 3.63) is 18.2 Å². The third-order valence-electron chi connectivity index (χ3n) is 4.09. The van der Waals surface area contributed by atoms with E-state index in [0.29, 0.717) is 12.1 Å². The summed E-state index contributed by atoms with van der Waals surface area (Å²) in [5.74, 6) is 0.842. The van der Waals surface area contributed by atoms with Gasteiger partial charge in [-0.1, -0.05) is 6.92 Å². The Kier molecular flexibility index (Phi) is 2.51. The lowest BCUT2D eigenvalue weighted by atomic mass is 9.97. The molecule has 1 aliphatic carbocycles. The molecule has 3 nitrogen and oxygen atoms in total. The zero-order valence-corrected chi connectivity index (χ0v) is 10.2. The molecule has 16 heavy (non-hydrogen) atoms. The SMILES string of the molecule is CC1CCCC(c2cncn2C2CC2C)N1. The van der Waals surface area contributed by atoms with Crippen molar-refractivity contribution < 1.29 is 0 Å². The quantitative estimate of drug-likeness (QED) is 0.828. The van der Waals surface area contributed by atoms with E-state index in [-0.39, 0.29) is 0 Å². The van der Waals surface area contributed by atoms with Crippen LogP contribution in [0.1, 0.15) is 57.3 Å². The summed E-state index contributed by atoms with van der Waals surface area (Å²) in [6, 6.07) is 1.90. The van der Waals surface area contributed by atoms with Gasteiger partial charge in [0.25, 0.3) is 0 Å². The molecule has 1 aromatic heterocycles. The Morgan fingerprint density at radius 2 is 2.19 bits per heavy atom. The van der Waals surface area contributed by atoms with Gasteiger partial charge in [0.1, 0.15) is 0 Å². The van der Waals surface area contributed by atoms with Gasteiger partial charge in [-0.3, -0.25) is 0 Å². The molecule has 1 aromatic rings. The van der Waals surface area contributed by atoms with Crippen LogP contribution >= 0.6 is 0 Å². The highest BCUT2D eigenvalue weighted by molar-refractivity contribution is 5.11. The van der Waals surface area contributed by atoms with Crippen molar-refractivity contribution in [2.75, 3.05) is 0 Å². The van der Waals surface area contributed by atoms with Crippen molar-refractivity contribution in [1.29, 1.82) is 0 Å². The third kappa shape index (κ3) is 1.77. The van der Waals surface area contributed by atoms with Crippen LogP contribution in [0.5, 0.6) is 0 Å². The zero-order chi connectivity index (χ0) is 11.1. The molecule has 1 aliphatic heterocycles. The molecule has 2 fully saturated rings. The standard InChI is InChI=1S/C13H21N3/c1-9-6-12(9)16-8-14-7-13(16)11-5-3-4-10(2)15-11/h7-12,15H,3-6H2,1-2H3. The molecule has 0 amide bonds. The van der Waals surface area contributed by atoms with E-state index in [2.05, 4.69) is 34.9 Å². The van der Waals surface area contributed by atoms with Crippen LogP contribution < -0.4 is 5.32 Å². The van der Waals surface area contributed by atoms with E-state index in [9.17, 15) is 0 Å². The Balaban J connectivity index is 1.80. The first-order valence-electron chi connectivity index (χ1n) is 6.53. The summed E-state index contributed by atoms with van der Waals surface area (Å²) in [5, 5.41) is 3.70. The number of imidazole rings is 1. The normalized spacial score (nSPS) is 38.6. The second-order valence-electron chi connectivity index (χ2n) is 5.56. The predicted octanol–water partition coefficient (Wildman–Crippen LogP) is 2.67. The number of nitrogens with one attached hydrogen (secondary N) is 1. The van der Waals surface area contributed by atoms with Crippen molar-refractivity contribution in [1.82, 2.24) is 14.9 Å². The number of nitrogens with zero attached hydrogens (tertiary/aromatic N) is 2. The maximum atomic E-state index is 4.34. The molecule has 3 rings (SSSR count). The van der Waals surface area contributed by atoms with Crippen molar-refractivity contribution in [2.24, 2.45) is 5.92 Å². The molecule has 1 saturated carbocycles. The summed E-state index contributed by atoms with van der Waals surface area (Å²) < 4.78 is 2.40. The fourth-order valence-electron chi connectivity index (χ4n) is 2.92. The molecular formula is C13H21N3. The van der Waals surface area contributed by atoms with Crippen LogP contribution in [0.3, 0.4) is 0 Å². The Morgan fingerprint density at radius 3 is 2.88 bits per heavy atom. The van der Waals surface area contributed by atoms with E-state index in [4.69, 9.17) is 0 Å². The van der Waals surface area contributed by atoms with E-state index in [1.54, 1.807) is 0 Å². The van der Waals surface area contributed by atoms with Gasteiger partial charge >= 0.3 is 0 Å². The lowest BCUT2D eigenvalue weighted by molar-refractivity contribution is 0.328. The molecule has 0 spiro atoms. The van der Waals surface area contributed by atoms with Crippen LogP contribution in [0.15, 0.2) is 12.5 Å². The van der Waals surface area contributed by atoms with E-state index in [1.807, 2.05) is 6.33 Å². The highest BCUT2D eigenvalue weighted by atomic mass is 15.1. The molecule has 3 heteroatoms. The van der Waals surface area contributed by atoms with Crippen LogP contribution in [0.4, 0.5) is 0 Å². The second-order valence-corrected chi connectivity index (χ2v) is 5.56. The van der Waals surface area contributed by atoms with E-state index >= 15 is 0 Å². The van der Waals surface area contributed by atoms with Crippen molar-refractivity contribution in [3.63, 3.8) is 0 Å². The van der Waals surface area contributed by atoms with Gasteiger partial charge in [0, 0.05) is 24.3 Å². The van der Waals surface area contributed by atoms with Crippen LogP contribution in [0.25, 0.3) is 0 Å². The van der Waals surface area contributed by atoms with E-state index < -0.39 is 0 Å². The van der Waals surface area contributed by atoms with Crippen LogP contribution in [0, 0.1) is 5.92 Å². The molecule has 0 aromatic carbocycles. The summed E-state index contributed by atoms with van der Waals surface area (Å²) in [7, 11) is 0. The Morgan fingerprint density at radius 1 is 1.38 bits per heavy atom. The van der Waals surface area contributed by atoms with Gasteiger partial charge in [0.15, 0.2) is 0 Å². The first kappa shape index (κ1) is 10.3. The monoisotopic (exact) mass is 219 g/mol. The second kappa shape index (κ2) is 3.88. The van der Waals surface area contributed by atoms with Crippen LogP contribution in [-0.2, 0) is 0 Å². The predicted molar refractivity (Wildman–Crippen MR) is 64.2 cm³/mol. The summed E-state index contributed by atoms with van der Waals surface area (Å²) in [6.45, 7) is 4.61. The first-order valence-corrected chi connectivity index (χ1v) is 6.53. The maximum absolute atomic E-state index is 4.34. The number of piperidine rings is 1. The number of rotatable bonds is 2. The fourth-order valence-corrected chi connectivity index (χ4v) is 2.92. The highest BCUT2D eigenvalue weighted by Crippen LogP contribution is 2.44. The van der Waals surface area contributed by atoms with Crippen molar-refractivity contribution >= 4 is 0 Å². The van der Waals surface area contributed by atoms with Gasteiger partial charge < -0.3 is 9.88 Å². The minimum Gasteiger partial charge on any atom is -0.330 e. The highest BCUT2D eigenvalue weighted by Gasteiger charge is 2.36. The molecular weight excluding hydrogens is 198 g/mol. The molecule has 2 aliphatic rings. The number of hydrogen-bond acceptors (Lipinski definition) is 2. The van der Waals surface area contributed by atoms with Crippen LogP contribution in [0.2, 0.25) is 0 Å². The maximum Gasteiger partial charge on any atom is 0.0951 e. The molecule has 4 unspecified atom stereocenters. The van der Waals surface area contributed by atoms with Gasteiger partial charge in [-0.25, -0.2) is 4.98 Å². The summed E-state index contributed by atoms with van der Waals surface area (Å²) in [4.78, 5) is 4.34. The van der Waals surface area contributed by atoms with Gasteiger partial charge in [0.05, 0.1) is 12.0 Å². The van der Waals surface area contributed by atoms with Gasteiger partial charge in [-0.05, 0) is 38.5 Å². The lowest BCUT2D eigenvalue weighted by Crippen LogP contribution is -2.35. The fraction of sp³-hybridized carbons (Fsp3) is 0.769. The molecule has 0 radical (unpaired) electrons. The zero-order valence-electron chi connectivity index (χ0n) is 10.2. The third-order valence-corrected chi connectivity index (χ3v) is 4.09.